The lowest BCUT2D eigenvalue weighted by molar-refractivity contribution is 0.0697. The molecule has 2 N–H and O–H groups in total. The summed E-state index contributed by atoms with van der Waals surface area (Å²) in [5.41, 5.74) is -0.262. The van der Waals surface area contributed by atoms with Crippen LogP contribution in [0.1, 0.15) is 10.4 Å². The fraction of sp³-hybridized carbons (Fsp3) is 0. The highest BCUT2D eigenvalue weighted by molar-refractivity contribution is 6.34. The fourth-order valence-electron chi connectivity index (χ4n) is 1.44. The number of imidazole rings is 1. The monoisotopic (exact) mass is 238 g/mol. The Labute approximate surface area is 94.9 Å². The summed E-state index contributed by atoms with van der Waals surface area (Å²) in [6, 6.07) is 4.57. The van der Waals surface area contributed by atoms with Gasteiger partial charge in [-0.25, -0.2) is 9.59 Å². The fourth-order valence-corrected chi connectivity index (χ4v) is 1.69. The van der Waals surface area contributed by atoms with Gasteiger partial charge in [0.15, 0.2) is 0 Å². The van der Waals surface area contributed by atoms with Crippen LogP contribution in [-0.4, -0.2) is 20.6 Å². The number of aromatic carboxylic acids is 1. The van der Waals surface area contributed by atoms with Gasteiger partial charge >= 0.3 is 11.7 Å². The topological polar surface area (TPSA) is 75.1 Å². The molecule has 82 valence electrons. The molecule has 0 amide bonds. The van der Waals surface area contributed by atoms with Crippen LogP contribution in [0.4, 0.5) is 0 Å². The van der Waals surface area contributed by atoms with E-state index >= 15 is 0 Å². The molecule has 16 heavy (non-hydrogen) atoms. The summed E-state index contributed by atoms with van der Waals surface area (Å²) in [6.45, 7) is 0. The molecule has 2 rings (SSSR count). The van der Waals surface area contributed by atoms with E-state index in [2.05, 4.69) is 4.98 Å². The van der Waals surface area contributed by atoms with Crippen LogP contribution in [0.3, 0.4) is 0 Å². The molecule has 1 heterocycles. The van der Waals surface area contributed by atoms with Crippen molar-refractivity contribution in [2.24, 2.45) is 0 Å². The zero-order valence-electron chi connectivity index (χ0n) is 7.98. The highest BCUT2D eigenvalue weighted by atomic mass is 35.5. The summed E-state index contributed by atoms with van der Waals surface area (Å²) in [4.78, 5) is 24.8. The maximum absolute atomic E-state index is 11.4. The molecule has 0 spiro atoms. The second kappa shape index (κ2) is 3.86. The summed E-state index contributed by atoms with van der Waals surface area (Å²) >= 11 is 5.79. The van der Waals surface area contributed by atoms with Gasteiger partial charge in [-0.15, -0.1) is 0 Å². The second-order valence-electron chi connectivity index (χ2n) is 3.07. The first kappa shape index (κ1) is 10.5. The Hall–Kier alpha value is -2.01. The molecule has 0 bridgehead atoms. The van der Waals surface area contributed by atoms with E-state index in [-0.39, 0.29) is 16.3 Å². The lowest BCUT2D eigenvalue weighted by atomic mass is 10.2. The van der Waals surface area contributed by atoms with E-state index in [9.17, 15) is 9.59 Å². The number of aromatic nitrogens is 2. The molecular weight excluding hydrogens is 232 g/mol. The van der Waals surface area contributed by atoms with Crippen molar-refractivity contribution >= 4 is 17.6 Å². The van der Waals surface area contributed by atoms with Gasteiger partial charge in [-0.05, 0) is 12.1 Å². The molecule has 0 radical (unpaired) electrons. The van der Waals surface area contributed by atoms with Crippen molar-refractivity contribution in [1.82, 2.24) is 9.55 Å². The molecule has 0 aliphatic heterocycles. The predicted octanol–water partition coefficient (Wildman–Crippen LogP) is 1.52. The minimum absolute atomic E-state index is 0.0918. The number of hydrogen-bond acceptors (Lipinski definition) is 2. The molecule has 0 fully saturated rings. The Morgan fingerprint density at radius 2 is 2.19 bits per heavy atom. The average molecular weight is 239 g/mol. The molecule has 5 nitrogen and oxygen atoms in total. The van der Waals surface area contributed by atoms with Gasteiger partial charge in [0.2, 0.25) is 0 Å². The van der Waals surface area contributed by atoms with Crippen LogP contribution in [-0.2, 0) is 0 Å². The Morgan fingerprint density at radius 3 is 2.75 bits per heavy atom. The Bertz CT molecular complexity index is 600. The van der Waals surface area contributed by atoms with Crippen LogP contribution in [0.2, 0.25) is 5.02 Å². The predicted molar refractivity (Wildman–Crippen MR) is 58.4 cm³/mol. The van der Waals surface area contributed by atoms with Gasteiger partial charge in [0.25, 0.3) is 0 Å². The Morgan fingerprint density at radius 1 is 1.44 bits per heavy atom. The van der Waals surface area contributed by atoms with E-state index in [0.29, 0.717) is 0 Å². The number of halogens is 1. The first-order valence-electron chi connectivity index (χ1n) is 4.39. The van der Waals surface area contributed by atoms with Crippen molar-refractivity contribution in [3.63, 3.8) is 0 Å². The van der Waals surface area contributed by atoms with Crippen LogP contribution >= 0.6 is 11.6 Å². The minimum atomic E-state index is -1.17. The van der Waals surface area contributed by atoms with Gasteiger partial charge in [-0.1, -0.05) is 17.7 Å². The highest BCUT2D eigenvalue weighted by Gasteiger charge is 2.16. The number of hydrogen-bond donors (Lipinski definition) is 2. The normalized spacial score (nSPS) is 10.3. The van der Waals surface area contributed by atoms with Crippen molar-refractivity contribution in [1.29, 1.82) is 0 Å². The summed E-state index contributed by atoms with van der Waals surface area (Å²) in [5, 5.41) is 9.12. The van der Waals surface area contributed by atoms with Crippen LogP contribution in [0.5, 0.6) is 0 Å². The van der Waals surface area contributed by atoms with Gasteiger partial charge < -0.3 is 10.1 Å². The lowest BCUT2D eigenvalue weighted by Gasteiger charge is -2.07. The third-order valence-electron chi connectivity index (χ3n) is 2.11. The molecule has 0 saturated heterocycles. The first-order valence-corrected chi connectivity index (χ1v) is 4.77. The van der Waals surface area contributed by atoms with Crippen molar-refractivity contribution in [3.05, 3.63) is 51.7 Å². The van der Waals surface area contributed by atoms with Gasteiger partial charge in [-0.2, -0.15) is 0 Å². The highest BCUT2D eigenvalue weighted by Crippen LogP contribution is 2.22. The van der Waals surface area contributed by atoms with E-state index in [4.69, 9.17) is 16.7 Å². The molecule has 0 aliphatic rings. The maximum Gasteiger partial charge on any atom is 0.339 e. The number of carbonyl (C=O) groups is 1. The largest absolute Gasteiger partial charge is 0.478 e. The zero-order chi connectivity index (χ0) is 11.7. The van der Waals surface area contributed by atoms with Gasteiger partial charge in [0.1, 0.15) is 5.56 Å². The maximum atomic E-state index is 11.4. The van der Waals surface area contributed by atoms with Crippen LogP contribution < -0.4 is 5.69 Å². The molecule has 0 aliphatic carbocycles. The van der Waals surface area contributed by atoms with Crippen molar-refractivity contribution in [2.45, 2.75) is 0 Å². The SMILES string of the molecule is O=C(O)c1c(Cl)cccc1-n1cc[nH]c1=O. The van der Waals surface area contributed by atoms with Crippen LogP contribution in [0.25, 0.3) is 5.69 Å². The summed E-state index contributed by atoms with van der Waals surface area (Å²) < 4.78 is 1.19. The Balaban J connectivity index is 2.76. The van der Waals surface area contributed by atoms with E-state index in [0.717, 1.165) is 0 Å². The molecule has 0 atom stereocenters. The number of rotatable bonds is 2. The first-order chi connectivity index (χ1) is 7.61. The molecule has 0 saturated carbocycles. The molecular formula is C10H7ClN2O3. The van der Waals surface area contributed by atoms with Gasteiger partial charge in [-0.3, -0.25) is 4.57 Å². The van der Waals surface area contributed by atoms with Crippen LogP contribution in [0, 0.1) is 0 Å². The smallest absolute Gasteiger partial charge is 0.339 e. The van der Waals surface area contributed by atoms with Crippen molar-refractivity contribution < 1.29 is 9.90 Å². The number of benzene rings is 1. The van der Waals surface area contributed by atoms with E-state index < -0.39 is 11.7 Å². The number of aromatic amines is 1. The van der Waals surface area contributed by atoms with E-state index in [1.165, 1.54) is 29.1 Å². The van der Waals surface area contributed by atoms with Gasteiger partial charge in [0, 0.05) is 12.4 Å². The molecule has 6 heteroatoms. The standard InChI is InChI=1S/C10H7ClN2O3/c11-6-2-1-3-7(8(6)9(14)15)13-5-4-12-10(13)16/h1-5H,(H,12,16)(H,14,15). The number of nitrogens with one attached hydrogen (secondary N) is 1. The summed E-state index contributed by atoms with van der Waals surface area (Å²) in [5.74, 6) is -1.17. The molecule has 2 aromatic rings. The summed E-state index contributed by atoms with van der Waals surface area (Å²) in [7, 11) is 0. The number of H-pyrrole nitrogens is 1. The third kappa shape index (κ3) is 1.61. The van der Waals surface area contributed by atoms with E-state index in [1.54, 1.807) is 6.07 Å². The molecule has 1 aromatic carbocycles. The average Bonchev–Trinajstić information content (AvgIpc) is 2.63. The Kier molecular flexibility index (Phi) is 2.54. The number of carboxylic acid groups (broad SMARTS) is 1. The van der Waals surface area contributed by atoms with Crippen LogP contribution in [0.15, 0.2) is 35.4 Å². The second-order valence-corrected chi connectivity index (χ2v) is 3.48. The lowest BCUT2D eigenvalue weighted by Crippen LogP contribution is -2.17. The molecule has 1 aromatic heterocycles. The zero-order valence-corrected chi connectivity index (χ0v) is 8.73. The summed E-state index contributed by atoms with van der Waals surface area (Å²) in [6.07, 6.45) is 2.87. The van der Waals surface area contributed by atoms with E-state index in [1.807, 2.05) is 0 Å². The van der Waals surface area contributed by atoms with Crippen molar-refractivity contribution in [3.8, 4) is 5.69 Å². The minimum Gasteiger partial charge on any atom is -0.478 e. The third-order valence-corrected chi connectivity index (χ3v) is 2.43. The quantitative estimate of drug-likeness (QED) is 0.833. The molecule has 0 unspecified atom stereocenters. The van der Waals surface area contributed by atoms with Crippen molar-refractivity contribution in [2.75, 3.05) is 0 Å². The number of nitrogens with zero attached hydrogens (tertiary/aromatic N) is 1. The van der Waals surface area contributed by atoms with Gasteiger partial charge in [0.05, 0.1) is 10.7 Å². The number of carboxylic acids is 1.